The summed E-state index contributed by atoms with van der Waals surface area (Å²) in [7, 11) is -3.69. The smallest absolute Gasteiger partial charge is 0.264 e. The van der Waals surface area contributed by atoms with Gasteiger partial charge in [-0.25, -0.2) is 23.4 Å². The largest absolute Gasteiger partial charge is 0.361 e. The second kappa shape index (κ2) is 8.75. The zero-order valence-corrected chi connectivity index (χ0v) is 20.4. The molecule has 1 atom stereocenters. The first-order chi connectivity index (χ1) is 16.8. The molecule has 0 saturated heterocycles. The van der Waals surface area contributed by atoms with E-state index in [1.165, 1.54) is 17.0 Å². The van der Waals surface area contributed by atoms with Crippen LogP contribution in [-0.2, 0) is 9.84 Å². The minimum Gasteiger partial charge on any atom is -0.361 e. The standard InChI is InChI=1S/C25H20ClN5O3S/c1-15(30-24-18-11-7-13-27-23(18)28-14-29-24)22-21(26)17-10-6-12-19(35(2,33)34)20(17)25(32)31(22)16-8-4-3-5-9-16/h3-15H,1-2H3,(H,27,28,29,30)/t15-/m0/s1. The molecule has 5 aromatic rings. The number of anilines is 1. The molecule has 8 nitrogen and oxygen atoms in total. The van der Waals surface area contributed by atoms with Gasteiger partial charge in [-0.05, 0) is 37.3 Å². The molecule has 0 fully saturated rings. The fourth-order valence-electron chi connectivity index (χ4n) is 4.20. The third kappa shape index (κ3) is 4.02. The van der Waals surface area contributed by atoms with E-state index in [4.69, 9.17) is 11.6 Å². The highest BCUT2D eigenvalue weighted by Gasteiger charge is 2.25. The number of hydrogen-bond donors (Lipinski definition) is 1. The van der Waals surface area contributed by atoms with Crippen molar-refractivity contribution in [2.75, 3.05) is 11.6 Å². The first-order valence-corrected chi connectivity index (χ1v) is 13.0. The van der Waals surface area contributed by atoms with Crippen molar-refractivity contribution < 1.29 is 8.42 Å². The number of para-hydroxylation sites is 1. The van der Waals surface area contributed by atoms with E-state index in [1.54, 1.807) is 48.7 Å². The molecule has 176 valence electrons. The highest BCUT2D eigenvalue weighted by molar-refractivity contribution is 7.91. The molecule has 2 aromatic carbocycles. The number of sulfone groups is 1. The van der Waals surface area contributed by atoms with Gasteiger partial charge in [-0.3, -0.25) is 9.36 Å². The number of rotatable bonds is 5. The number of pyridine rings is 2. The van der Waals surface area contributed by atoms with Crippen LogP contribution in [0.1, 0.15) is 18.7 Å². The molecular formula is C25H20ClN5O3S. The molecule has 3 aromatic heterocycles. The second-order valence-electron chi connectivity index (χ2n) is 8.09. The van der Waals surface area contributed by atoms with Gasteiger partial charge in [0, 0.05) is 23.5 Å². The maximum atomic E-state index is 13.9. The Labute approximate surface area is 206 Å². The molecule has 3 heterocycles. The van der Waals surface area contributed by atoms with Crippen LogP contribution in [0.4, 0.5) is 5.82 Å². The third-order valence-electron chi connectivity index (χ3n) is 5.73. The van der Waals surface area contributed by atoms with Gasteiger partial charge in [0.2, 0.25) is 0 Å². The lowest BCUT2D eigenvalue weighted by Gasteiger charge is -2.23. The molecule has 0 aliphatic carbocycles. The van der Waals surface area contributed by atoms with Gasteiger partial charge in [0.25, 0.3) is 5.56 Å². The van der Waals surface area contributed by atoms with Gasteiger partial charge >= 0.3 is 0 Å². The first kappa shape index (κ1) is 22.9. The molecule has 0 radical (unpaired) electrons. The van der Waals surface area contributed by atoms with Gasteiger partial charge < -0.3 is 5.32 Å². The number of nitrogens with one attached hydrogen (secondary N) is 1. The van der Waals surface area contributed by atoms with E-state index >= 15 is 0 Å². The summed E-state index contributed by atoms with van der Waals surface area (Å²) in [4.78, 5) is 26.7. The average Bonchev–Trinajstić information content (AvgIpc) is 2.85. The molecule has 35 heavy (non-hydrogen) atoms. The third-order valence-corrected chi connectivity index (χ3v) is 7.27. The second-order valence-corrected chi connectivity index (χ2v) is 10.5. The van der Waals surface area contributed by atoms with Crippen LogP contribution < -0.4 is 10.9 Å². The summed E-state index contributed by atoms with van der Waals surface area (Å²) in [6.07, 6.45) is 4.14. The van der Waals surface area contributed by atoms with Crippen molar-refractivity contribution >= 4 is 49.1 Å². The Hall–Kier alpha value is -3.82. The Morgan fingerprint density at radius 3 is 2.43 bits per heavy atom. The number of benzene rings is 2. The Morgan fingerprint density at radius 2 is 1.69 bits per heavy atom. The predicted octanol–water partition coefficient (Wildman–Crippen LogP) is 4.56. The Bertz CT molecular complexity index is 1750. The highest BCUT2D eigenvalue weighted by atomic mass is 35.5. The number of fused-ring (bicyclic) bond motifs is 2. The van der Waals surface area contributed by atoms with Gasteiger partial charge in [-0.15, -0.1) is 0 Å². The van der Waals surface area contributed by atoms with Gasteiger partial charge in [-0.2, -0.15) is 0 Å². The van der Waals surface area contributed by atoms with Crippen LogP contribution in [0.25, 0.3) is 27.5 Å². The number of halogens is 1. The Balaban J connectivity index is 1.80. The van der Waals surface area contributed by atoms with Crippen LogP contribution in [0, 0.1) is 0 Å². The Morgan fingerprint density at radius 1 is 0.943 bits per heavy atom. The van der Waals surface area contributed by atoms with E-state index in [-0.39, 0.29) is 15.3 Å². The van der Waals surface area contributed by atoms with Gasteiger partial charge in [0.15, 0.2) is 15.5 Å². The van der Waals surface area contributed by atoms with Crippen LogP contribution in [-0.4, -0.2) is 34.2 Å². The topological polar surface area (TPSA) is 107 Å². The molecule has 0 aliphatic rings. The van der Waals surface area contributed by atoms with Crippen LogP contribution >= 0.6 is 11.6 Å². The minimum atomic E-state index is -3.69. The monoisotopic (exact) mass is 505 g/mol. The fraction of sp³-hybridized carbons (Fsp3) is 0.120. The zero-order chi connectivity index (χ0) is 24.7. The molecule has 0 bridgehead atoms. The maximum Gasteiger partial charge on any atom is 0.264 e. The van der Waals surface area contributed by atoms with Crippen LogP contribution in [0.15, 0.2) is 82.9 Å². The number of aromatic nitrogens is 4. The maximum absolute atomic E-state index is 13.9. The van der Waals surface area contributed by atoms with E-state index in [1.807, 2.05) is 19.1 Å². The van der Waals surface area contributed by atoms with Crippen LogP contribution in [0.2, 0.25) is 5.02 Å². The summed E-state index contributed by atoms with van der Waals surface area (Å²) in [6, 6.07) is 16.8. The van der Waals surface area contributed by atoms with Crippen LogP contribution in [0.5, 0.6) is 0 Å². The van der Waals surface area contributed by atoms with E-state index in [0.717, 1.165) is 6.26 Å². The van der Waals surface area contributed by atoms with Crippen molar-refractivity contribution in [2.24, 2.45) is 0 Å². The number of hydrogen-bond acceptors (Lipinski definition) is 7. The zero-order valence-electron chi connectivity index (χ0n) is 18.8. The van der Waals surface area contributed by atoms with Crippen molar-refractivity contribution in [3.8, 4) is 5.69 Å². The summed E-state index contributed by atoms with van der Waals surface area (Å²) in [5.74, 6) is 0.531. The van der Waals surface area contributed by atoms with Crippen LogP contribution in [0.3, 0.4) is 0 Å². The lowest BCUT2D eigenvalue weighted by molar-refractivity contribution is 0.602. The SMILES string of the molecule is C[C@H](Nc1ncnc2ncccc12)c1c(Cl)c2cccc(S(C)(=O)=O)c2c(=O)n1-c1ccccc1. The molecule has 0 saturated carbocycles. The van der Waals surface area contributed by atoms with Gasteiger partial charge in [0.05, 0.1) is 32.4 Å². The van der Waals surface area contributed by atoms with E-state index in [2.05, 4.69) is 20.3 Å². The molecule has 5 rings (SSSR count). The van der Waals surface area contributed by atoms with Crippen molar-refractivity contribution in [1.29, 1.82) is 0 Å². The van der Waals surface area contributed by atoms with Gasteiger partial charge in [-0.1, -0.05) is 41.9 Å². The first-order valence-electron chi connectivity index (χ1n) is 10.7. The normalized spacial score (nSPS) is 12.7. The molecule has 10 heteroatoms. The summed E-state index contributed by atoms with van der Waals surface area (Å²) in [6.45, 7) is 1.86. The fourth-order valence-corrected chi connectivity index (χ4v) is 5.50. The van der Waals surface area contributed by atoms with Crippen molar-refractivity contribution in [2.45, 2.75) is 17.9 Å². The predicted molar refractivity (Wildman–Crippen MR) is 137 cm³/mol. The molecular weight excluding hydrogens is 486 g/mol. The lowest BCUT2D eigenvalue weighted by atomic mass is 10.1. The van der Waals surface area contributed by atoms with Crippen molar-refractivity contribution in [1.82, 2.24) is 19.5 Å². The van der Waals surface area contributed by atoms with E-state index < -0.39 is 21.4 Å². The summed E-state index contributed by atoms with van der Waals surface area (Å²) in [5.41, 5.74) is 1.08. The van der Waals surface area contributed by atoms with E-state index in [0.29, 0.717) is 33.6 Å². The molecule has 1 N–H and O–H groups in total. The molecule has 0 spiro atoms. The summed E-state index contributed by atoms with van der Waals surface area (Å²) in [5, 5.41) is 4.74. The lowest BCUT2D eigenvalue weighted by Crippen LogP contribution is -2.27. The molecule has 0 amide bonds. The highest BCUT2D eigenvalue weighted by Crippen LogP contribution is 2.35. The Kier molecular flexibility index (Phi) is 5.74. The quantitative estimate of drug-likeness (QED) is 0.373. The average molecular weight is 506 g/mol. The summed E-state index contributed by atoms with van der Waals surface area (Å²) < 4.78 is 26.5. The van der Waals surface area contributed by atoms with Crippen molar-refractivity contribution in [3.63, 3.8) is 0 Å². The molecule has 0 unspecified atom stereocenters. The summed E-state index contributed by atoms with van der Waals surface area (Å²) >= 11 is 6.93. The molecule has 0 aliphatic heterocycles. The number of nitrogens with zero attached hydrogens (tertiary/aromatic N) is 4. The van der Waals surface area contributed by atoms with Crippen molar-refractivity contribution in [3.05, 3.63) is 94.3 Å². The van der Waals surface area contributed by atoms with Gasteiger partial charge in [0.1, 0.15) is 12.1 Å². The van der Waals surface area contributed by atoms with E-state index in [9.17, 15) is 13.2 Å². The minimum absolute atomic E-state index is 0.0523.